The second-order valence-electron chi connectivity index (χ2n) is 4.97. The van der Waals surface area contributed by atoms with Gasteiger partial charge < -0.3 is 10.2 Å². The lowest BCUT2D eigenvalue weighted by atomic mass is 10.1. The van der Waals surface area contributed by atoms with E-state index in [0.29, 0.717) is 16.6 Å². The monoisotopic (exact) mass is 315 g/mol. The van der Waals surface area contributed by atoms with Gasteiger partial charge in [0, 0.05) is 17.9 Å². The Hall–Kier alpha value is -2.60. The molecule has 0 aliphatic rings. The van der Waals surface area contributed by atoms with Gasteiger partial charge in [0.15, 0.2) is 20.8 Å². The van der Waals surface area contributed by atoms with Crippen molar-refractivity contribution in [2.45, 2.75) is 4.90 Å². The Morgan fingerprint density at radius 1 is 1.05 bits per heavy atom. The van der Waals surface area contributed by atoms with Crippen LogP contribution in [0.3, 0.4) is 0 Å². The first kappa shape index (κ1) is 14.3. The van der Waals surface area contributed by atoms with Crippen LogP contribution in [0.15, 0.2) is 62.6 Å². The number of para-hydroxylation sites is 1. The lowest BCUT2D eigenvalue weighted by Gasteiger charge is -2.08. The zero-order chi connectivity index (χ0) is 15.9. The number of anilines is 1. The van der Waals surface area contributed by atoms with Gasteiger partial charge in [-0.3, -0.25) is 4.79 Å². The second kappa shape index (κ2) is 4.99. The number of rotatable bonds is 2. The quantitative estimate of drug-likeness (QED) is 0.734. The number of hydrogen-bond acceptors (Lipinski definition) is 5. The highest BCUT2D eigenvalue weighted by atomic mass is 32.2. The molecule has 0 fully saturated rings. The largest absolute Gasteiger partial charge is 0.454 e. The maximum absolute atomic E-state index is 12.2. The Balaban J connectivity index is 2.38. The van der Waals surface area contributed by atoms with Gasteiger partial charge >= 0.3 is 0 Å². The van der Waals surface area contributed by atoms with Crippen molar-refractivity contribution >= 4 is 26.5 Å². The molecule has 1 aromatic heterocycles. The summed E-state index contributed by atoms with van der Waals surface area (Å²) in [5.74, 6) is 0.177. The van der Waals surface area contributed by atoms with E-state index in [1.165, 1.54) is 12.1 Å². The first-order chi connectivity index (χ1) is 10.4. The van der Waals surface area contributed by atoms with Crippen molar-refractivity contribution in [3.05, 3.63) is 58.8 Å². The molecule has 0 aliphatic carbocycles. The number of nitrogen functional groups attached to an aromatic ring is 1. The molecule has 22 heavy (non-hydrogen) atoms. The van der Waals surface area contributed by atoms with Gasteiger partial charge in [0.05, 0.1) is 16.0 Å². The number of sulfone groups is 1. The van der Waals surface area contributed by atoms with Crippen molar-refractivity contribution < 1.29 is 12.8 Å². The van der Waals surface area contributed by atoms with Crippen molar-refractivity contribution in [2.75, 3.05) is 12.0 Å². The van der Waals surface area contributed by atoms with E-state index in [1.807, 2.05) is 0 Å². The van der Waals surface area contributed by atoms with E-state index in [4.69, 9.17) is 10.2 Å². The van der Waals surface area contributed by atoms with Gasteiger partial charge in [0.25, 0.3) is 0 Å². The highest BCUT2D eigenvalue weighted by molar-refractivity contribution is 7.90. The van der Waals surface area contributed by atoms with Gasteiger partial charge in [-0.15, -0.1) is 0 Å². The van der Waals surface area contributed by atoms with Crippen LogP contribution in [0.1, 0.15) is 0 Å². The Bertz CT molecular complexity index is 1040. The maximum Gasteiger partial charge on any atom is 0.193 e. The van der Waals surface area contributed by atoms with Crippen molar-refractivity contribution in [1.82, 2.24) is 0 Å². The highest BCUT2D eigenvalue weighted by Gasteiger charge is 2.17. The summed E-state index contributed by atoms with van der Waals surface area (Å²) >= 11 is 0. The average molecular weight is 315 g/mol. The third-order valence-corrected chi connectivity index (χ3v) is 4.49. The second-order valence-corrected chi connectivity index (χ2v) is 6.95. The summed E-state index contributed by atoms with van der Waals surface area (Å²) in [7, 11) is -3.45. The van der Waals surface area contributed by atoms with Gasteiger partial charge in [-0.05, 0) is 24.3 Å². The first-order valence-corrected chi connectivity index (χ1v) is 8.39. The van der Waals surface area contributed by atoms with Gasteiger partial charge in [0.2, 0.25) is 0 Å². The van der Waals surface area contributed by atoms with Crippen LogP contribution >= 0.6 is 0 Å². The fourth-order valence-electron chi connectivity index (χ4n) is 2.33. The van der Waals surface area contributed by atoms with E-state index in [2.05, 4.69) is 0 Å². The zero-order valence-corrected chi connectivity index (χ0v) is 12.6. The van der Waals surface area contributed by atoms with Crippen LogP contribution in [-0.4, -0.2) is 14.7 Å². The lowest BCUT2D eigenvalue weighted by molar-refractivity contribution is 0.598. The van der Waals surface area contributed by atoms with Crippen LogP contribution < -0.4 is 11.2 Å². The summed E-state index contributed by atoms with van der Waals surface area (Å²) in [5.41, 5.74) is 6.50. The molecule has 6 heteroatoms. The molecule has 0 saturated carbocycles. The van der Waals surface area contributed by atoms with E-state index in [0.717, 1.165) is 6.26 Å². The molecule has 0 spiro atoms. The Morgan fingerprint density at radius 2 is 1.77 bits per heavy atom. The molecule has 0 unspecified atom stereocenters. The molecule has 0 bridgehead atoms. The van der Waals surface area contributed by atoms with Crippen LogP contribution in [0.5, 0.6) is 0 Å². The van der Waals surface area contributed by atoms with Crippen LogP contribution in [0.25, 0.3) is 22.3 Å². The third kappa shape index (κ3) is 2.37. The summed E-state index contributed by atoms with van der Waals surface area (Å²) in [6.45, 7) is 0. The lowest BCUT2D eigenvalue weighted by Crippen LogP contribution is -2.04. The molecule has 1 heterocycles. The smallest absolute Gasteiger partial charge is 0.193 e. The average Bonchev–Trinajstić information content (AvgIpc) is 2.47. The van der Waals surface area contributed by atoms with E-state index >= 15 is 0 Å². The van der Waals surface area contributed by atoms with Crippen LogP contribution in [0.4, 0.5) is 5.69 Å². The zero-order valence-electron chi connectivity index (χ0n) is 11.7. The number of fused-ring (bicyclic) bond motifs is 1. The van der Waals surface area contributed by atoms with E-state index in [-0.39, 0.29) is 21.7 Å². The first-order valence-electron chi connectivity index (χ1n) is 6.50. The van der Waals surface area contributed by atoms with Crippen molar-refractivity contribution in [1.29, 1.82) is 0 Å². The molecule has 0 aliphatic heterocycles. The van der Waals surface area contributed by atoms with E-state index < -0.39 is 9.84 Å². The summed E-state index contributed by atoms with van der Waals surface area (Å²) in [4.78, 5) is 12.3. The van der Waals surface area contributed by atoms with Crippen LogP contribution in [0, 0.1) is 0 Å². The number of nitrogens with two attached hydrogens (primary N) is 1. The molecule has 2 aromatic carbocycles. The summed E-state index contributed by atoms with van der Waals surface area (Å²) in [5, 5.41) is 0.362. The van der Waals surface area contributed by atoms with E-state index in [9.17, 15) is 13.2 Å². The van der Waals surface area contributed by atoms with Gasteiger partial charge in [-0.1, -0.05) is 18.2 Å². The summed E-state index contributed by atoms with van der Waals surface area (Å²) in [6, 6.07) is 12.6. The van der Waals surface area contributed by atoms with Crippen molar-refractivity contribution in [2.24, 2.45) is 0 Å². The fraction of sp³-hybridized carbons (Fsp3) is 0.0625. The molecule has 0 atom stereocenters. The molecular formula is C16H13NO4S. The van der Waals surface area contributed by atoms with Gasteiger partial charge in [0.1, 0.15) is 5.76 Å². The Kier molecular flexibility index (Phi) is 3.26. The van der Waals surface area contributed by atoms with Crippen LogP contribution in [-0.2, 0) is 9.84 Å². The number of benzene rings is 2. The normalized spacial score (nSPS) is 11.7. The maximum atomic E-state index is 12.2. The Morgan fingerprint density at radius 3 is 2.50 bits per heavy atom. The van der Waals surface area contributed by atoms with Gasteiger partial charge in [-0.25, -0.2) is 8.42 Å². The van der Waals surface area contributed by atoms with Crippen LogP contribution in [0.2, 0.25) is 0 Å². The predicted octanol–water partition coefficient (Wildman–Crippen LogP) is 2.45. The number of hydrogen-bond donors (Lipinski definition) is 1. The molecular weight excluding hydrogens is 302 g/mol. The Labute approximate surface area is 126 Å². The fourth-order valence-corrected chi connectivity index (χ4v) is 3.22. The molecule has 5 nitrogen and oxygen atoms in total. The molecule has 2 N–H and O–H groups in total. The minimum Gasteiger partial charge on any atom is -0.454 e. The van der Waals surface area contributed by atoms with Crippen molar-refractivity contribution in [3.8, 4) is 11.3 Å². The minimum atomic E-state index is -3.45. The molecule has 0 amide bonds. The predicted molar refractivity (Wildman–Crippen MR) is 85.4 cm³/mol. The molecule has 0 radical (unpaired) electrons. The highest BCUT2D eigenvalue weighted by Crippen LogP contribution is 2.29. The SMILES string of the molecule is CS(=O)(=O)c1ccccc1-c1cc(=O)c2cccc(N)c2o1. The molecule has 112 valence electrons. The molecule has 3 aromatic rings. The third-order valence-electron chi connectivity index (χ3n) is 3.34. The molecule has 3 rings (SSSR count). The standard InChI is InChI=1S/C16H13NO4S/c1-22(19,20)15-8-3-2-5-11(15)14-9-13(18)10-6-4-7-12(17)16(10)21-14/h2-9H,17H2,1H3. The van der Waals surface area contributed by atoms with Gasteiger partial charge in [-0.2, -0.15) is 0 Å². The minimum absolute atomic E-state index is 0.104. The molecule has 0 saturated heterocycles. The topological polar surface area (TPSA) is 90.4 Å². The van der Waals surface area contributed by atoms with E-state index in [1.54, 1.807) is 36.4 Å². The van der Waals surface area contributed by atoms with Crippen molar-refractivity contribution in [3.63, 3.8) is 0 Å². The summed E-state index contributed by atoms with van der Waals surface area (Å²) < 4.78 is 29.5. The summed E-state index contributed by atoms with van der Waals surface area (Å²) in [6.07, 6.45) is 1.11.